The molecule has 0 bridgehead atoms. The molecule has 2 aliphatic heterocycles. The zero-order valence-electron chi connectivity index (χ0n) is 19.7. The van der Waals surface area contributed by atoms with Crippen LogP contribution >= 0.6 is 11.8 Å². The largest absolute Gasteiger partial charge is 0.371 e. The fourth-order valence-corrected chi connectivity index (χ4v) is 5.79. The van der Waals surface area contributed by atoms with E-state index >= 15 is 0 Å². The van der Waals surface area contributed by atoms with Gasteiger partial charge in [0.1, 0.15) is 23.3 Å². The number of nitrogens with zero attached hydrogens (tertiary/aromatic N) is 4. The van der Waals surface area contributed by atoms with Crippen molar-refractivity contribution >= 4 is 40.2 Å². The normalized spacial score (nSPS) is 19.3. The molecule has 2 aromatic heterocycles. The van der Waals surface area contributed by atoms with E-state index in [2.05, 4.69) is 20.6 Å². The van der Waals surface area contributed by atoms with E-state index in [1.807, 2.05) is 42.5 Å². The van der Waals surface area contributed by atoms with Gasteiger partial charge in [-0.1, -0.05) is 30.3 Å². The molecule has 0 aliphatic carbocycles. The maximum absolute atomic E-state index is 13.4. The molecule has 10 heteroatoms. The van der Waals surface area contributed by atoms with Gasteiger partial charge in [-0.2, -0.15) is 10.2 Å². The van der Waals surface area contributed by atoms with Crippen molar-refractivity contribution in [3.8, 4) is 6.07 Å². The van der Waals surface area contributed by atoms with Crippen LogP contribution in [0.4, 0.5) is 11.6 Å². The number of hydrogen-bond donors (Lipinski definition) is 2. The average molecular weight is 511 g/mol. The van der Waals surface area contributed by atoms with Crippen LogP contribution in [-0.2, 0) is 4.74 Å². The Morgan fingerprint density at radius 3 is 2.78 bits per heavy atom. The summed E-state index contributed by atoms with van der Waals surface area (Å²) in [5, 5.41) is 16.6. The van der Waals surface area contributed by atoms with Crippen LogP contribution in [0, 0.1) is 11.3 Å². The minimum Gasteiger partial charge on any atom is -0.371 e. The van der Waals surface area contributed by atoms with Gasteiger partial charge in [-0.15, -0.1) is 11.8 Å². The van der Waals surface area contributed by atoms with Gasteiger partial charge in [0.2, 0.25) is 5.95 Å². The third kappa shape index (κ3) is 4.38. The number of carbonyl (C=O) groups excluding carboxylic acids is 1. The van der Waals surface area contributed by atoms with Crippen molar-refractivity contribution in [2.45, 2.75) is 17.0 Å². The number of nitrogens with one attached hydrogen (secondary N) is 2. The lowest BCUT2D eigenvalue weighted by Gasteiger charge is -2.25. The van der Waals surface area contributed by atoms with Gasteiger partial charge in [0, 0.05) is 46.6 Å². The Morgan fingerprint density at radius 2 is 2.00 bits per heavy atom. The topological polar surface area (TPSA) is 122 Å². The Hall–Kier alpha value is -4.04. The summed E-state index contributed by atoms with van der Waals surface area (Å²) < 4.78 is 7.16. The molecule has 0 saturated carbocycles. The quantitative estimate of drug-likeness (QED) is 0.424. The SMILES string of the molecule is N#Cc1cc2cnc(Nc3ccc(C4CNCCO4)cc3)nc2n(C2CSc3ccccc3C2=O)c1=O. The van der Waals surface area contributed by atoms with Crippen LogP contribution in [0.5, 0.6) is 0 Å². The van der Waals surface area contributed by atoms with E-state index in [4.69, 9.17) is 4.74 Å². The van der Waals surface area contributed by atoms with E-state index in [0.29, 0.717) is 29.0 Å². The lowest BCUT2D eigenvalue weighted by molar-refractivity contribution is 0.0277. The maximum Gasteiger partial charge on any atom is 0.270 e. The van der Waals surface area contributed by atoms with E-state index in [1.54, 1.807) is 18.3 Å². The maximum atomic E-state index is 13.4. The van der Waals surface area contributed by atoms with Gasteiger partial charge in [0.25, 0.3) is 5.56 Å². The number of ketones is 1. The number of ether oxygens (including phenoxy) is 1. The van der Waals surface area contributed by atoms with Crippen molar-refractivity contribution in [1.82, 2.24) is 19.9 Å². The summed E-state index contributed by atoms with van der Waals surface area (Å²) >= 11 is 1.51. The number of pyridine rings is 1. The number of aromatic nitrogens is 3. The van der Waals surface area contributed by atoms with Crippen LogP contribution < -0.4 is 16.2 Å². The average Bonchev–Trinajstić information content (AvgIpc) is 2.95. The molecule has 2 aromatic carbocycles. The van der Waals surface area contributed by atoms with Crippen LogP contribution in [0.3, 0.4) is 0 Å². The highest BCUT2D eigenvalue weighted by atomic mass is 32.2. The van der Waals surface area contributed by atoms with Crippen molar-refractivity contribution in [3.63, 3.8) is 0 Å². The van der Waals surface area contributed by atoms with Crippen LogP contribution in [0.25, 0.3) is 11.0 Å². The fraction of sp³-hybridized carbons (Fsp3) is 0.222. The Morgan fingerprint density at radius 1 is 1.16 bits per heavy atom. The molecule has 184 valence electrons. The van der Waals surface area contributed by atoms with Gasteiger partial charge in [-0.05, 0) is 29.8 Å². The second-order valence-electron chi connectivity index (χ2n) is 8.82. The van der Waals surface area contributed by atoms with Crippen molar-refractivity contribution < 1.29 is 9.53 Å². The molecule has 6 rings (SSSR count). The molecule has 1 fully saturated rings. The molecule has 2 atom stereocenters. The molecule has 0 spiro atoms. The summed E-state index contributed by atoms with van der Waals surface area (Å²) in [6.07, 6.45) is 1.57. The first-order valence-corrected chi connectivity index (χ1v) is 12.9. The molecule has 37 heavy (non-hydrogen) atoms. The molecule has 1 saturated heterocycles. The van der Waals surface area contributed by atoms with Crippen molar-refractivity contribution in [1.29, 1.82) is 5.26 Å². The minimum absolute atomic E-state index is 0.0134. The second-order valence-corrected chi connectivity index (χ2v) is 9.88. The van der Waals surface area contributed by atoms with Crippen LogP contribution in [-0.4, -0.2) is 45.8 Å². The summed E-state index contributed by atoms with van der Waals surface area (Å²) in [5.74, 6) is 0.479. The second kappa shape index (κ2) is 9.78. The monoisotopic (exact) mass is 510 g/mol. The number of Topliss-reactive ketones (excluding diaryl/α,β-unsaturated/α-hetero) is 1. The van der Waals surface area contributed by atoms with Gasteiger partial charge < -0.3 is 15.4 Å². The van der Waals surface area contributed by atoms with Crippen LogP contribution in [0.2, 0.25) is 0 Å². The summed E-state index contributed by atoms with van der Waals surface area (Å²) in [6.45, 7) is 2.30. The number of nitriles is 1. The van der Waals surface area contributed by atoms with Crippen molar-refractivity contribution in [2.24, 2.45) is 0 Å². The van der Waals surface area contributed by atoms with Gasteiger partial charge in [0.15, 0.2) is 5.78 Å². The molecule has 2 N–H and O–H groups in total. The van der Waals surface area contributed by atoms with E-state index in [1.165, 1.54) is 22.4 Å². The molecule has 4 aromatic rings. The number of thioether (sulfide) groups is 1. The molecule has 0 radical (unpaired) electrons. The van der Waals surface area contributed by atoms with Crippen LogP contribution in [0.1, 0.15) is 33.6 Å². The molecule has 4 heterocycles. The van der Waals surface area contributed by atoms with E-state index in [-0.39, 0.29) is 23.4 Å². The number of hydrogen-bond acceptors (Lipinski definition) is 9. The summed E-state index contributed by atoms with van der Waals surface area (Å²) in [6, 6.07) is 17.8. The molecule has 0 amide bonds. The summed E-state index contributed by atoms with van der Waals surface area (Å²) in [7, 11) is 0. The number of carbonyl (C=O) groups is 1. The Balaban J connectivity index is 1.37. The Labute approximate surface area is 216 Å². The highest BCUT2D eigenvalue weighted by molar-refractivity contribution is 7.99. The van der Waals surface area contributed by atoms with Gasteiger partial charge in [-0.3, -0.25) is 14.2 Å². The predicted octanol–water partition coefficient (Wildman–Crippen LogP) is 3.60. The number of fused-ring (bicyclic) bond motifs is 2. The molecular formula is C27H22N6O3S. The lowest BCUT2D eigenvalue weighted by atomic mass is 10.0. The van der Waals surface area contributed by atoms with E-state index < -0.39 is 11.6 Å². The molecule has 9 nitrogen and oxygen atoms in total. The first-order valence-electron chi connectivity index (χ1n) is 11.9. The van der Waals surface area contributed by atoms with Crippen molar-refractivity contribution in [2.75, 3.05) is 30.8 Å². The minimum atomic E-state index is -0.783. The lowest BCUT2D eigenvalue weighted by Crippen LogP contribution is -2.35. The predicted molar refractivity (Wildman–Crippen MR) is 140 cm³/mol. The standard InChI is InChI=1S/C27H22N6O3S/c28-12-17-11-18-13-30-27(31-19-7-5-16(6-8-19)22-14-29-9-10-36-22)32-25(18)33(26(17)35)21-15-37-23-4-2-1-3-20(23)24(21)34/h1-8,11,13,21-22,29H,9-10,14-15H2,(H,30,31,32). The zero-order valence-corrected chi connectivity index (χ0v) is 20.5. The highest BCUT2D eigenvalue weighted by Crippen LogP contribution is 2.35. The first kappa shape index (κ1) is 23.4. The third-order valence-corrected chi connectivity index (χ3v) is 7.67. The first-order chi connectivity index (χ1) is 18.1. The van der Waals surface area contributed by atoms with Crippen LogP contribution in [0.15, 0.2) is 70.5 Å². The fourth-order valence-electron chi connectivity index (χ4n) is 4.65. The summed E-state index contributed by atoms with van der Waals surface area (Å²) in [4.78, 5) is 36.6. The Kier molecular flexibility index (Phi) is 6.18. The van der Waals surface area contributed by atoms with Gasteiger partial charge >= 0.3 is 0 Å². The van der Waals surface area contributed by atoms with Crippen molar-refractivity contribution in [3.05, 3.63) is 87.8 Å². The Bertz CT molecular complexity index is 1610. The highest BCUT2D eigenvalue weighted by Gasteiger charge is 2.32. The summed E-state index contributed by atoms with van der Waals surface area (Å²) in [5.41, 5.74) is 2.12. The molecule has 2 aliphatic rings. The third-order valence-electron chi connectivity index (χ3n) is 6.52. The van der Waals surface area contributed by atoms with E-state index in [0.717, 1.165) is 29.2 Å². The van der Waals surface area contributed by atoms with E-state index in [9.17, 15) is 14.9 Å². The molecule has 2 unspecified atom stereocenters. The smallest absolute Gasteiger partial charge is 0.270 e. The number of rotatable bonds is 4. The van der Waals surface area contributed by atoms with Gasteiger partial charge in [-0.25, -0.2) is 4.98 Å². The number of benzene rings is 2. The number of anilines is 2. The zero-order chi connectivity index (χ0) is 25.4. The molecular weight excluding hydrogens is 488 g/mol. The number of morpholine rings is 1. The van der Waals surface area contributed by atoms with Gasteiger partial charge in [0.05, 0.1) is 12.7 Å².